The van der Waals surface area contributed by atoms with Gasteiger partial charge in [-0.2, -0.15) is 0 Å². The highest BCUT2D eigenvalue weighted by molar-refractivity contribution is 9.10. The van der Waals surface area contributed by atoms with Crippen molar-refractivity contribution in [3.05, 3.63) is 50.6 Å². The molecule has 0 aliphatic heterocycles. The van der Waals surface area contributed by atoms with Gasteiger partial charge < -0.3 is 4.74 Å². The van der Waals surface area contributed by atoms with Gasteiger partial charge in [-0.25, -0.2) is 0 Å². The van der Waals surface area contributed by atoms with Gasteiger partial charge >= 0.3 is 0 Å². The van der Waals surface area contributed by atoms with Gasteiger partial charge in [0.15, 0.2) is 0 Å². The fourth-order valence-electron chi connectivity index (χ4n) is 1.60. The molecule has 0 saturated heterocycles. The molecule has 0 saturated carbocycles. The van der Waals surface area contributed by atoms with Crippen LogP contribution in [-0.4, -0.2) is 7.11 Å². The van der Waals surface area contributed by atoms with Crippen LogP contribution in [-0.2, 0) is 6.42 Å². The number of benzene rings is 1. The molecule has 1 unspecified atom stereocenters. The summed E-state index contributed by atoms with van der Waals surface area (Å²) in [6, 6.07) is 10.1. The zero-order valence-corrected chi connectivity index (χ0v) is 12.5. The van der Waals surface area contributed by atoms with E-state index in [1.165, 1.54) is 4.88 Å². The molecular weight excluding hydrogens is 320 g/mol. The number of methoxy groups -OCH3 is 1. The Balaban J connectivity index is 2.14. The molecule has 0 N–H and O–H groups in total. The lowest BCUT2D eigenvalue weighted by molar-refractivity contribution is 0.412. The van der Waals surface area contributed by atoms with Crippen LogP contribution < -0.4 is 4.74 Å². The van der Waals surface area contributed by atoms with E-state index in [1.54, 1.807) is 18.4 Å². The van der Waals surface area contributed by atoms with E-state index in [0.29, 0.717) is 0 Å². The maximum atomic E-state index is 6.41. The SMILES string of the molecule is COc1ccc(C(Cl)Cc2cccs2)cc1Br. The molecule has 1 heterocycles. The van der Waals surface area contributed by atoms with Gasteiger partial charge in [0.2, 0.25) is 0 Å². The molecule has 0 bridgehead atoms. The molecule has 0 aliphatic rings. The van der Waals surface area contributed by atoms with Crippen LogP contribution in [0.25, 0.3) is 0 Å². The number of thiophene rings is 1. The first-order chi connectivity index (χ1) is 8.20. The van der Waals surface area contributed by atoms with Crippen LogP contribution in [0.15, 0.2) is 40.2 Å². The third kappa shape index (κ3) is 3.24. The minimum absolute atomic E-state index is 0.00384. The van der Waals surface area contributed by atoms with Crippen molar-refractivity contribution in [2.75, 3.05) is 7.11 Å². The van der Waals surface area contributed by atoms with Gasteiger partial charge in [-0.05, 0) is 45.1 Å². The van der Waals surface area contributed by atoms with E-state index in [2.05, 4.69) is 27.4 Å². The molecule has 0 spiro atoms. The van der Waals surface area contributed by atoms with Gasteiger partial charge in [0.1, 0.15) is 5.75 Å². The Morgan fingerprint density at radius 2 is 2.24 bits per heavy atom. The maximum absolute atomic E-state index is 6.41. The van der Waals surface area contributed by atoms with E-state index in [0.717, 1.165) is 22.2 Å². The Morgan fingerprint density at radius 1 is 1.41 bits per heavy atom. The quantitative estimate of drug-likeness (QED) is 0.713. The lowest BCUT2D eigenvalue weighted by Crippen LogP contribution is -1.95. The third-order valence-electron chi connectivity index (χ3n) is 2.50. The van der Waals surface area contributed by atoms with Crippen molar-refractivity contribution in [3.8, 4) is 5.75 Å². The van der Waals surface area contributed by atoms with E-state index in [1.807, 2.05) is 24.3 Å². The van der Waals surface area contributed by atoms with Crippen molar-refractivity contribution in [3.63, 3.8) is 0 Å². The zero-order valence-electron chi connectivity index (χ0n) is 9.32. The fourth-order valence-corrected chi connectivity index (χ4v) is 3.30. The summed E-state index contributed by atoms with van der Waals surface area (Å²) < 4.78 is 6.14. The summed E-state index contributed by atoms with van der Waals surface area (Å²) >= 11 is 11.6. The number of halogens is 2. The summed E-state index contributed by atoms with van der Waals surface area (Å²) in [7, 11) is 1.66. The van der Waals surface area contributed by atoms with E-state index < -0.39 is 0 Å². The van der Waals surface area contributed by atoms with Crippen LogP contribution in [0.1, 0.15) is 15.8 Å². The second-order valence-corrected chi connectivity index (χ2v) is 6.06. The Labute approximate surface area is 119 Å². The lowest BCUT2D eigenvalue weighted by Gasteiger charge is -2.11. The molecule has 0 amide bonds. The summed E-state index contributed by atoms with van der Waals surface area (Å²) in [5, 5.41) is 2.07. The molecule has 1 aromatic carbocycles. The summed E-state index contributed by atoms with van der Waals surface area (Å²) in [5.41, 5.74) is 1.10. The maximum Gasteiger partial charge on any atom is 0.133 e. The highest BCUT2D eigenvalue weighted by Gasteiger charge is 2.11. The number of rotatable bonds is 4. The molecular formula is C13H12BrClOS. The fraction of sp³-hybridized carbons (Fsp3) is 0.231. The van der Waals surface area contributed by atoms with E-state index in [4.69, 9.17) is 16.3 Å². The van der Waals surface area contributed by atoms with Crippen molar-refractivity contribution >= 4 is 38.9 Å². The highest BCUT2D eigenvalue weighted by atomic mass is 79.9. The Hall–Kier alpha value is -0.510. The number of ether oxygens (including phenoxy) is 1. The summed E-state index contributed by atoms with van der Waals surface area (Å²) in [4.78, 5) is 1.30. The zero-order chi connectivity index (χ0) is 12.3. The summed E-state index contributed by atoms with van der Waals surface area (Å²) in [6.07, 6.45) is 0.859. The van der Waals surface area contributed by atoms with Crippen molar-refractivity contribution in [2.45, 2.75) is 11.8 Å². The predicted molar refractivity (Wildman–Crippen MR) is 77.3 cm³/mol. The van der Waals surface area contributed by atoms with Gasteiger partial charge in [-0.15, -0.1) is 22.9 Å². The first kappa shape index (κ1) is 12.9. The smallest absolute Gasteiger partial charge is 0.133 e. The van der Waals surface area contributed by atoms with Crippen LogP contribution in [0.4, 0.5) is 0 Å². The van der Waals surface area contributed by atoms with Gasteiger partial charge in [-0.1, -0.05) is 12.1 Å². The minimum atomic E-state index is -0.00384. The Kier molecular flexibility index (Phi) is 4.48. The normalized spacial score (nSPS) is 12.4. The van der Waals surface area contributed by atoms with E-state index >= 15 is 0 Å². The average molecular weight is 332 g/mol. The number of hydrogen-bond donors (Lipinski definition) is 0. The van der Waals surface area contributed by atoms with Crippen molar-refractivity contribution in [1.29, 1.82) is 0 Å². The van der Waals surface area contributed by atoms with Crippen molar-refractivity contribution in [2.24, 2.45) is 0 Å². The first-order valence-electron chi connectivity index (χ1n) is 5.20. The molecule has 2 rings (SSSR count). The standard InChI is InChI=1S/C13H12BrClOS/c1-16-13-5-4-9(7-11(13)14)12(15)8-10-3-2-6-17-10/h2-7,12H,8H2,1H3. The van der Waals surface area contributed by atoms with E-state index in [9.17, 15) is 0 Å². The van der Waals surface area contributed by atoms with Gasteiger partial charge in [0.25, 0.3) is 0 Å². The third-order valence-corrected chi connectivity index (χ3v) is 4.42. The van der Waals surface area contributed by atoms with Gasteiger partial charge in [0.05, 0.1) is 17.0 Å². The molecule has 0 aliphatic carbocycles. The van der Waals surface area contributed by atoms with Crippen LogP contribution in [0, 0.1) is 0 Å². The van der Waals surface area contributed by atoms with E-state index in [-0.39, 0.29) is 5.38 Å². The van der Waals surface area contributed by atoms with Crippen molar-refractivity contribution in [1.82, 2.24) is 0 Å². The monoisotopic (exact) mass is 330 g/mol. The highest BCUT2D eigenvalue weighted by Crippen LogP contribution is 2.32. The Bertz CT molecular complexity index is 484. The first-order valence-corrected chi connectivity index (χ1v) is 7.31. The molecule has 4 heteroatoms. The molecule has 1 aromatic heterocycles. The average Bonchev–Trinajstić information content (AvgIpc) is 2.81. The lowest BCUT2D eigenvalue weighted by atomic mass is 10.1. The second kappa shape index (κ2) is 5.89. The summed E-state index contributed by atoms with van der Waals surface area (Å²) in [5.74, 6) is 0.828. The number of alkyl halides is 1. The minimum Gasteiger partial charge on any atom is -0.496 e. The molecule has 0 fully saturated rings. The molecule has 1 atom stereocenters. The molecule has 1 nitrogen and oxygen atoms in total. The Morgan fingerprint density at radius 3 is 2.82 bits per heavy atom. The van der Waals surface area contributed by atoms with Gasteiger partial charge in [-0.3, -0.25) is 0 Å². The molecule has 90 valence electrons. The van der Waals surface area contributed by atoms with Crippen LogP contribution >= 0.6 is 38.9 Å². The largest absolute Gasteiger partial charge is 0.496 e. The number of hydrogen-bond acceptors (Lipinski definition) is 2. The van der Waals surface area contributed by atoms with Crippen LogP contribution in [0.3, 0.4) is 0 Å². The summed E-state index contributed by atoms with van der Waals surface area (Å²) in [6.45, 7) is 0. The van der Waals surface area contributed by atoms with Crippen LogP contribution in [0.5, 0.6) is 5.75 Å². The molecule has 0 radical (unpaired) electrons. The second-order valence-electron chi connectivity index (χ2n) is 3.65. The predicted octanol–water partition coefficient (Wildman–Crippen LogP) is 5.04. The molecule has 17 heavy (non-hydrogen) atoms. The molecule has 2 aromatic rings. The topological polar surface area (TPSA) is 9.23 Å². The van der Waals surface area contributed by atoms with Gasteiger partial charge in [0, 0.05) is 11.3 Å². The van der Waals surface area contributed by atoms with Crippen molar-refractivity contribution < 1.29 is 4.74 Å². The van der Waals surface area contributed by atoms with Crippen LogP contribution in [0.2, 0.25) is 0 Å².